The zero-order chi connectivity index (χ0) is 9.47. The van der Waals surface area contributed by atoms with Crippen LogP contribution in [0.1, 0.15) is 38.4 Å². The number of hydrogen-bond acceptors (Lipinski definition) is 0. The molecule has 1 aromatic rings. The van der Waals surface area contributed by atoms with Gasteiger partial charge in [0, 0.05) is 11.9 Å². The lowest BCUT2D eigenvalue weighted by Gasteiger charge is -2.33. The Morgan fingerprint density at radius 1 is 1.38 bits per heavy atom. The Balaban J connectivity index is 2.18. The molecule has 0 amide bonds. The molecule has 0 aliphatic heterocycles. The van der Waals surface area contributed by atoms with Gasteiger partial charge in [-0.25, -0.2) is 0 Å². The van der Waals surface area contributed by atoms with Crippen molar-refractivity contribution in [1.29, 1.82) is 0 Å². The fraction of sp³-hybridized carbons (Fsp3) is 0.667. The van der Waals surface area contributed by atoms with Crippen LogP contribution in [0.2, 0.25) is 0 Å². The van der Waals surface area contributed by atoms with E-state index in [2.05, 4.69) is 38.0 Å². The van der Waals surface area contributed by atoms with Crippen molar-refractivity contribution in [3.8, 4) is 0 Å². The highest BCUT2D eigenvalue weighted by molar-refractivity contribution is 5.24. The van der Waals surface area contributed by atoms with E-state index < -0.39 is 0 Å². The van der Waals surface area contributed by atoms with Crippen LogP contribution in [-0.2, 0) is 12.8 Å². The van der Waals surface area contributed by atoms with Crippen molar-refractivity contribution in [3.05, 3.63) is 23.5 Å². The third-order valence-electron chi connectivity index (χ3n) is 3.37. The van der Waals surface area contributed by atoms with Crippen molar-refractivity contribution in [2.45, 2.75) is 40.0 Å². The van der Waals surface area contributed by atoms with Crippen LogP contribution in [0.3, 0.4) is 0 Å². The van der Waals surface area contributed by atoms with Gasteiger partial charge >= 0.3 is 0 Å². The first-order valence-corrected chi connectivity index (χ1v) is 5.22. The first-order chi connectivity index (χ1) is 6.07. The van der Waals surface area contributed by atoms with Gasteiger partial charge in [0.15, 0.2) is 0 Å². The Morgan fingerprint density at radius 3 is 2.85 bits per heavy atom. The quantitative estimate of drug-likeness (QED) is 0.626. The summed E-state index contributed by atoms with van der Waals surface area (Å²) in [6.07, 6.45) is 5.94. The van der Waals surface area contributed by atoms with Gasteiger partial charge in [-0.15, -0.1) is 0 Å². The third kappa shape index (κ3) is 1.65. The van der Waals surface area contributed by atoms with Crippen LogP contribution < -0.4 is 0 Å². The molecule has 72 valence electrons. The topological polar surface area (TPSA) is 15.8 Å². The highest BCUT2D eigenvalue weighted by Gasteiger charge is 2.28. The van der Waals surface area contributed by atoms with E-state index in [4.69, 9.17) is 0 Å². The second-order valence-corrected chi connectivity index (χ2v) is 5.29. The van der Waals surface area contributed by atoms with Crippen molar-refractivity contribution in [1.82, 2.24) is 4.98 Å². The van der Waals surface area contributed by atoms with E-state index >= 15 is 0 Å². The van der Waals surface area contributed by atoms with Crippen LogP contribution >= 0.6 is 0 Å². The number of rotatable bonds is 0. The van der Waals surface area contributed by atoms with E-state index in [-0.39, 0.29) is 0 Å². The van der Waals surface area contributed by atoms with Gasteiger partial charge in [0.2, 0.25) is 0 Å². The predicted octanol–water partition coefficient (Wildman–Crippen LogP) is 3.17. The minimum Gasteiger partial charge on any atom is -0.365 e. The highest BCUT2D eigenvalue weighted by Crippen LogP contribution is 2.36. The fourth-order valence-electron chi connectivity index (χ4n) is 2.28. The number of nitrogens with one attached hydrogen (secondary N) is 1. The van der Waals surface area contributed by atoms with Crippen LogP contribution in [0.5, 0.6) is 0 Å². The van der Waals surface area contributed by atoms with E-state index in [0.717, 1.165) is 5.92 Å². The van der Waals surface area contributed by atoms with E-state index in [1.807, 2.05) is 0 Å². The Labute approximate surface area is 80.6 Å². The van der Waals surface area contributed by atoms with Gasteiger partial charge in [0.25, 0.3) is 0 Å². The normalized spacial score (nSPS) is 22.8. The summed E-state index contributed by atoms with van der Waals surface area (Å²) in [5, 5.41) is 0. The van der Waals surface area contributed by atoms with Gasteiger partial charge in [0.1, 0.15) is 0 Å². The van der Waals surface area contributed by atoms with Crippen LogP contribution in [0.4, 0.5) is 0 Å². The van der Waals surface area contributed by atoms with E-state index in [1.165, 1.54) is 25.0 Å². The lowest BCUT2D eigenvalue weighted by atomic mass is 9.72. The highest BCUT2D eigenvalue weighted by atomic mass is 14.7. The molecule has 1 aliphatic rings. The van der Waals surface area contributed by atoms with Crippen LogP contribution in [-0.4, -0.2) is 4.98 Å². The molecule has 1 heteroatoms. The minimum atomic E-state index is 0.461. The zero-order valence-electron chi connectivity index (χ0n) is 8.85. The van der Waals surface area contributed by atoms with E-state index in [1.54, 1.807) is 5.56 Å². The molecule has 1 nitrogen and oxygen atoms in total. The van der Waals surface area contributed by atoms with E-state index in [0.29, 0.717) is 5.41 Å². The molecule has 0 spiro atoms. The van der Waals surface area contributed by atoms with Gasteiger partial charge in [-0.05, 0) is 42.2 Å². The number of aryl methyl sites for hydroxylation is 1. The Kier molecular flexibility index (Phi) is 1.98. The number of fused-ring (bicyclic) bond motifs is 1. The summed E-state index contributed by atoms with van der Waals surface area (Å²) in [6.45, 7) is 7.06. The van der Waals surface area contributed by atoms with Gasteiger partial charge in [-0.2, -0.15) is 0 Å². The van der Waals surface area contributed by atoms with Gasteiger partial charge in [0.05, 0.1) is 0 Å². The Morgan fingerprint density at radius 2 is 2.15 bits per heavy atom. The van der Waals surface area contributed by atoms with Gasteiger partial charge in [-0.3, -0.25) is 0 Å². The van der Waals surface area contributed by atoms with Crippen LogP contribution in [0, 0.1) is 11.3 Å². The Hall–Kier alpha value is -0.720. The summed E-state index contributed by atoms with van der Waals surface area (Å²) >= 11 is 0. The molecule has 13 heavy (non-hydrogen) atoms. The summed E-state index contributed by atoms with van der Waals surface area (Å²) in [5.41, 5.74) is 3.48. The smallest absolute Gasteiger partial charge is 0.0182 e. The van der Waals surface area contributed by atoms with Crippen LogP contribution in [0.15, 0.2) is 12.3 Å². The molecule has 2 rings (SSSR count). The summed E-state index contributed by atoms with van der Waals surface area (Å²) < 4.78 is 0. The summed E-state index contributed by atoms with van der Waals surface area (Å²) in [6, 6.07) is 2.23. The lowest BCUT2D eigenvalue weighted by molar-refractivity contribution is 0.214. The summed E-state index contributed by atoms with van der Waals surface area (Å²) in [4.78, 5) is 3.36. The standard InChI is InChI=1S/C12H19N/c1-12(2,3)10-5-4-9-6-7-13-11(9)8-10/h6-7,10,13H,4-5,8H2,1-3H3. The second kappa shape index (κ2) is 2.90. The average molecular weight is 177 g/mol. The first-order valence-electron chi connectivity index (χ1n) is 5.22. The number of aromatic amines is 1. The minimum absolute atomic E-state index is 0.461. The molecule has 0 bridgehead atoms. The van der Waals surface area contributed by atoms with E-state index in [9.17, 15) is 0 Å². The molecule has 0 aromatic carbocycles. The zero-order valence-corrected chi connectivity index (χ0v) is 8.85. The van der Waals surface area contributed by atoms with Crippen LogP contribution in [0.25, 0.3) is 0 Å². The number of hydrogen-bond donors (Lipinski definition) is 1. The lowest BCUT2D eigenvalue weighted by Crippen LogP contribution is -2.26. The maximum absolute atomic E-state index is 3.36. The SMILES string of the molecule is CC(C)(C)C1CCc2cc[nH]c2C1. The molecule has 0 fully saturated rings. The molecule has 0 saturated heterocycles. The first kappa shape index (κ1) is 8.86. The predicted molar refractivity (Wildman–Crippen MR) is 55.8 cm³/mol. The third-order valence-corrected chi connectivity index (χ3v) is 3.37. The monoisotopic (exact) mass is 177 g/mol. The molecule has 1 aliphatic carbocycles. The molecular weight excluding hydrogens is 158 g/mol. The van der Waals surface area contributed by atoms with Gasteiger partial charge in [-0.1, -0.05) is 20.8 Å². The van der Waals surface area contributed by atoms with Crippen molar-refractivity contribution in [2.75, 3.05) is 0 Å². The molecule has 1 N–H and O–H groups in total. The van der Waals surface area contributed by atoms with Crippen molar-refractivity contribution < 1.29 is 0 Å². The molecular formula is C12H19N. The molecule has 1 aromatic heterocycles. The number of aromatic nitrogens is 1. The van der Waals surface area contributed by atoms with Crippen molar-refractivity contribution in [2.24, 2.45) is 11.3 Å². The molecule has 0 saturated carbocycles. The summed E-state index contributed by atoms with van der Waals surface area (Å²) in [5.74, 6) is 0.846. The molecule has 1 atom stereocenters. The summed E-state index contributed by atoms with van der Waals surface area (Å²) in [7, 11) is 0. The average Bonchev–Trinajstić information content (AvgIpc) is 2.47. The molecule has 1 unspecified atom stereocenters. The largest absolute Gasteiger partial charge is 0.365 e. The fourth-order valence-corrected chi connectivity index (χ4v) is 2.28. The second-order valence-electron chi connectivity index (χ2n) is 5.29. The van der Waals surface area contributed by atoms with Crippen molar-refractivity contribution >= 4 is 0 Å². The molecule has 1 heterocycles. The van der Waals surface area contributed by atoms with Gasteiger partial charge < -0.3 is 4.98 Å². The Bertz CT molecular complexity index is 290. The molecule has 0 radical (unpaired) electrons. The maximum Gasteiger partial charge on any atom is 0.0182 e. The maximum atomic E-state index is 3.36. The van der Waals surface area contributed by atoms with Crippen molar-refractivity contribution in [3.63, 3.8) is 0 Å². The number of H-pyrrole nitrogens is 1.